The highest BCUT2D eigenvalue weighted by atomic mass is 35.7. The maximum absolute atomic E-state index is 11.3. The van der Waals surface area contributed by atoms with E-state index >= 15 is 0 Å². The van der Waals surface area contributed by atoms with E-state index in [9.17, 15) is 8.42 Å². The number of aryl methyl sites for hydroxylation is 1. The van der Waals surface area contributed by atoms with Crippen molar-refractivity contribution in [3.8, 4) is 5.75 Å². The van der Waals surface area contributed by atoms with Crippen LogP contribution < -0.4 is 4.74 Å². The Balaban J connectivity index is 2.14. The second kappa shape index (κ2) is 5.94. The minimum Gasteiger partial charge on any atom is -0.490 e. The molecule has 1 fully saturated rings. The summed E-state index contributed by atoms with van der Waals surface area (Å²) in [7, 11) is 1.67. The van der Waals surface area contributed by atoms with Crippen LogP contribution in [-0.4, -0.2) is 14.5 Å². The van der Waals surface area contributed by atoms with E-state index < -0.39 is 9.05 Å². The van der Waals surface area contributed by atoms with Crippen LogP contribution in [0.1, 0.15) is 38.7 Å². The van der Waals surface area contributed by atoms with Crippen molar-refractivity contribution in [2.24, 2.45) is 11.8 Å². The maximum atomic E-state index is 11.3. The fourth-order valence-corrected chi connectivity index (χ4v) is 3.89. The van der Waals surface area contributed by atoms with Crippen LogP contribution in [-0.2, 0) is 9.05 Å². The highest BCUT2D eigenvalue weighted by Gasteiger charge is 2.25. The molecule has 2 rings (SSSR count). The molecule has 1 aliphatic carbocycles. The Labute approximate surface area is 125 Å². The minimum absolute atomic E-state index is 0.120. The summed E-state index contributed by atoms with van der Waals surface area (Å²) < 4.78 is 28.7. The fourth-order valence-electron chi connectivity index (χ4n) is 3.05. The van der Waals surface area contributed by atoms with Crippen molar-refractivity contribution in [2.45, 2.75) is 51.0 Å². The van der Waals surface area contributed by atoms with E-state index in [2.05, 4.69) is 13.8 Å². The van der Waals surface area contributed by atoms with Gasteiger partial charge >= 0.3 is 0 Å². The van der Waals surface area contributed by atoms with E-state index in [1.807, 2.05) is 6.92 Å². The summed E-state index contributed by atoms with van der Waals surface area (Å²) in [6.45, 7) is 6.35. The molecule has 3 nitrogen and oxygen atoms in total. The van der Waals surface area contributed by atoms with Crippen molar-refractivity contribution in [1.29, 1.82) is 0 Å². The molecule has 0 N–H and O–H groups in total. The first-order valence-electron chi connectivity index (χ1n) is 6.97. The Kier molecular flexibility index (Phi) is 4.65. The molecule has 5 heteroatoms. The molecule has 1 saturated carbocycles. The summed E-state index contributed by atoms with van der Waals surface area (Å²) in [5.41, 5.74) is 0.803. The van der Waals surface area contributed by atoms with E-state index in [1.165, 1.54) is 12.5 Å². The smallest absolute Gasteiger partial charge is 0.261 e. The average molecular weight is 317 g/mol. The van der Waals surface area contributed by atoms with Gasteiger partial charge in [0.25, 0.3) is 9.05 Å². The molecular weight excluding hydrogens is 296 g/mol. The Morgan fingerprint density at radius 3 is 2.25 bits per heavy atom. The zero-order valence-electron chi connectivity index (χ0n) is 12.1. The van der Waals surface area contributed by atoms with Gasteiger partial charge in [0.2, 0.25) is 0 Å². The third kappa shape index (κ3) is 3.89. The van der Waals surface area contributed by atoms with Crippen LogP contribution in [0.3, 0.4) is 0 Å². The normalized spacial score (nSPS) is 27.3. The number of hydrogen-bond donors (Lipinski definition) is 0. The Bertz CT molecular complexity index is 573. The van der Waals surface area contributed by atoms with Gasteiger partial charge in [-0.2, -0.15) is 0 Å². The third-order valence-electron chi connectivity index (χ3n) is 3.86. The van der Waals surface area contributed by atoms with Gasteiger partial charge in [0.05, 0.1) is 11.0 Å². The molecular formula is C15H21ClO3S. The molecule has 0 amide bonds. The lowest BCUT2D eigenvalue weighted by molar-refractivity contribution is 0.100. The lowest BCUT2D eigenvalue weighted by Gasteiger charge is -2.32. The quantitative estimate of drug-likeness (QED) is 0.788. The summed E-state index contributed by atoms with van der Waals surface area (Å²) >= 11 is 0. The predicted molar refractivity (Wildman–Crippen MR) is 80.8 cm³/mol. The van der Waals surface area contributed by atoms with Gasteiger partial charge in [-0.1, -0.05) is 13.8 Å². The molecule has 1 aromatic carbocycles. The molecule has 0 heterocycles. The van der Waals surface area contributed by atoms with Gasteiger partial charge in [-0.15, -0.1) is 0 Å². The summed E-state index contributed by atoms with van der Waals surface area (Å²) in [6.07, 6.45) is 3.58. The van der Waals surface area contributed by atoms with Crippen molar-refractivity contribution in [2.75, 3.05) is 0 Å². The van der Waals surface area contributed by atoms with Crippen molar-refractivity contribution < 1.29 is 13.2 Å². The minimum atomic E-state index is -3.68. The van der Waals surface area contributed by atoms with Crippen LogP contribution in [0.25, 0.3) is 0 Å². The van der Waals surface area contributed by atoms with Crippen LogP contribution in [0, 0.1) is 18.8 Å². The number of benzene rings is 1. The zero-order valence-corrected chi connectivity index (χ0v) is 13.7. The molecule has 2 unspecified atom stereocenters. The molecule has 0 saturated heterocycles. The van der Waals surface area contributed by atoms with Gasteiger partial charge in [0, 0.05) is 10.7 Å². The highest BCUT2D eigenvalue weighted by Crippen LogP contribution is 2.33. The van der Waals surface area contributed by atoms with Crippen LogP contribution in [0.2, 0.25) is 0 Å². The Morgan fingerprint density at radius 1 is 1.15 bits per heavy atom. The highest BCUT2D eigenvalue weighted by molar-refractivity contribution is 8.13. The van der Waals surface area contributed by atoms with Gasteiger partial charge in [0.15, 0.2) is 0 Å². The van der Waals surface area contributed by atoms with Gasteiger partial charge in [0.1, 0.15) is 5.75 Å². The lowest BCUT2D eigenvalue weighted by Crippen LogP contribution is -2.28. The average Bonchev–Trinajstić information content (AvgIpc) is 2.29. The Morgan fingerprint density at radius 2 is 1.75 bits per heavy atom. The van der Waals surface area contributed by atoms with E-state index in [0.29, 0.717) is 11.8 Å². The van der Waals surface area contributed by atoms with E-state index in [4.69, 9.17) is 15.4 Å². The molecule has 0 aromatic heterocycles. The van der Waals surface area contributed by atoms with Crippen molar-refractivity contribution >= 4 is 19.7 Å². The van der Waals surface area contributed by atoms with E-state index in [0.717, 1.165) is 24.2 Å². The molecule has 1 aliphatic rings. The van der Waals surface area contributed by atoms with E-state index in [-0.39, 0.29) is 11.0 Å². The van der Waals surface area contributed by atoms with Crippen molar-refractivity contribution in [1.82, 2.24) is 0 Å². The van der Waals surface area contributed by atoms with Gasteiger partial charge in [-0.05, 0) is 61.8 Å². The van der Waals surface area contributed by atoms with Gasteiger partial charge in [-0.25, -0.2) is 8.42 Å². The summed E-state index contributed by atoms with van der Waals surface area (Å²) in [6, 6.07) is 4.77. The topological polar surface area (TPSA) is 43.4 Å². The number of rotatable bonds is 3. The fraction of sp³-hybridized carbons (Fsp3) is 0.600. The van der Waals surface area contributed by atoms with Crippen molar-refractivity contribution in [3.63, 3.8) is 0 Å². The second-order valence-corrected chi connectivity index (χ2v) is 8.59. The molecule has 0 aliphatic heterocycles. The summed E-state index contributed by atoms with van der Waals surface area (Å²) in [5, 5.41) is 0. The molecule has 0 spiro atoms. The first kappa shape index (κ1) is 15.6. The summed E-state index contributed by atoms with van der Waals surface area (Å²) in [4.78, 5) is 0.120. The Hall–Kier alpha value is -0.740. The number of ether oxygens (including phenoxy) is 1. The van der Waals surface area contributed by atoms with Gasteiger partial charge in [-0.3, -0.25) is 0 Å². The second-order valence-electron chi connectivity index (χ2n) is 6.02. The first-order valence-corrected chi connectivity index (χ1v) is 9.28. The molecule has 0 bridgehead atoms. The SMILES string of the molecule is Cc1cc(S(=O)(=O)Cl)ccc1OC1CC(C)CC(C)C1. The molecule has 20 heavy (non-hydrogen) atoms. The molecule has 112 valence electrons. The third-order valence-corrected chi connectivity index (χ3v) is 5.21. The zero-order chi connectivity index (χ0) is 14.9. The number of hydrogen-bond acceptors (Lipinski definition) is 3. The number of halogens is 1. The van der Waals surface area contributed by atoms with E-state index in [1.54, 1.807) is 12.1 Å². The first-order chi connectivity index (χ1) is 9.25. The lowest BCUT2D eigenvalue weighted by atomic mass is 9.82. The van der Waals surface area contributed by atoms with Crippen LogP contribution in [0.15, 0.2) is 23.1 Å². The monoisotopic (exact) mass is 316 g/mol. The van der Waals surface area contributed by atoms with Crippen LogP contribution in [0.4, 0.5) is 0 Å². The standard InChI is InChI=1S/C15H21ClO3S/c1-10-6-11(2)8-13(7-10)19-15-5-4-14(9-12(15)3)20(16,17)18/h4-5,9-11,13H,6-8H2,1-3H3. The van der Waals surface area contributed by atoms with Crippen LogP contribution in [0.5, 0.6) is 5.75 Å². The maximum Gasteiger partial charge on any atom is 0.261 e. The van der Waals surface area contributed by atoms with Crippen LogP contribution >= 0.6 is 10.7 Å². The molecule has 0 radical (unpaired) electrons. The molecule has 1 aromatic rings. The largest absolute Gasteiger partial charge is 0.490 e. The van der Waals surface area contributed by atoms with Crippen molar-refractivity contribution in [3.05, 3.63) is 23.8 Å². The molecule has 2 atom stereocenters. The predicted octanol–water partition coefficient (Wildman–Crippen LogP) is 4.13. The van der Waals surface area contributed by atoms with Gasteiger partial charge < -0.3 is 4.74 Å². The summed E-state index contributed by atoms with van der Waals surface area (Å²) in [5.74, 6) is 2.10.